The first kappa shape index (κ1) is 17.3. The number of aliphatic hydroxyl groups is 1. The van der Waals surface area contributed by atoms with Gasteiger partial charge >= 0.3 is 0 Å². The molecule has 0 saturated carbocycles. The highest BCUT2D eigenvalue weighted by molar-refractivity contribution is 5.98. The van der Waals surface area contributed by atoms with Crippen LogP contribution in [0.25, 0.3) is 10.9 Å². The average Bonchev–Trinajstić information content (AvgIpc) is 2.44. The zero-order valence-electron chi connectivity index (χ0n) is 14.0. The van der Waals surface area contributed by atoms with Gasteiger partial charge < -0.3 is 10.4 Å². The van der Waals surface area contributed by atoms with Crippen LogP contribution in [0.2, 0.25) is 0 Å². The molecule has 1 atom stereocenters. The van der Waals surface area contributed by atoms with Gasteiger partial charge in [-0.1, -0.05) is 20.8 Å². The van der Waals surface area contributed by atoms with Gasteiger partial charge in [-0.15, -0.1) is 0 Å². The predicted octanol–water partition coefficient (Wildman–Crippen LogP) is 3.21. The number of carbonyl (C=O) groups excluding carboxylic acids is 1. The highest BCUT2D eigenvalue weighted by atomic mass is 19.1. The van der Waals surface area contributed by atoms with Gasteiger partial charge in [0, 0.05) is 11.5 Å². The molecule has 4 nitrogen and oxygen atoms in total. The van der Waals surface area contributed by atoms with E-state index in [0.717, 1.165) is 0 Å². The van der Waals surface area contributed by atoms with E-state index in [2.05, 4.69) is 31.1 Å². The Labute approximate surface area is 135 Å². The van der Waals surface area contributed by atoms with Gasteiger partial charge in [-0.2, -0.15) is 0 Å². The van der Waals surface area contributed by atoms with Gasteiger partial charge in [-0.25, -0.2) is 4.39 Å². The van der Waals surface area contributed by atoms with E-state index in [-0.39, 0.29) is 29.8 Å². The van der Waals surface area contributed by atoms with Crippen molar-refractivity contribution in [1.29, 1.82) is 0 Å². The van der Waals surface area contributed by atoms with E-state index >= 15 is 0 Å². The first-order valence-electron chi connectivity index (χ1n) is 7.68. The third-order valence-corrected chi connectivity index (χ3v) is 3.63. The molecule has 2 N–H and O–H groups in total. The second-order valence-corrected chi connectivity index (χ2v) is 7.08. The number of aromatic nitrogens is 1. The van der Waals surface area contributed by atoms with Gasteiger partial charge in [-0.05, 0) is 37.0 Å². The standard InChI is InChI=1S/C18H23FN2O2/c1-11-15(7-12-5-6-13(19)8-16(12)20-11)17(23)21-14(10-22)9-18(2,3)4/h5-8,14,22H,9-10H2,1-4H3,(H,21,23). The molecule has 0 radical (unpaired) electrons. The highest BCUT2D eigenvalue weighted by Gasteiger charge is 2.21. The largest absolute Gasteiger partial charge is 0.394 e. The molecular weight excluding hydrogens is 295 g/mol. The molecule has 5 heteroatoms. The van der Waals surface area contributed by atoms with Crippen molar-refractivity contribution >= 4 is 16.8 Å². The molecule has 0 fully saturated rings. The van der Waals surface area contributed by atoms with Crippen LogP contribution in [0.3, 0.4) is 0 Å². The molecule has 23 heavy (non-hydrogen) atoms. The Balaban J connectivity index is 2.26. The zero-order valence-corrected chi connectivity index (χ0v) is 14.0. The third kappa shape index (κ3) is 4.48. The predicted molar refractivity (Wildman–Crippen MR) is 88.9 cm³/mol. The van der Waals surface area contributed by atoms with Crippen molar-refractivity contribution < 1.29 is 14.3 Å². The van der Waals surface area contributed by atoms with Crippen molar-refractivity contribution in [2.45, 2.75) is 40.2 Å². The molecule has 124 valence electrons. The number of hydrogen-bond acceptors (Lipinski definition) is 3. The lowest BCUT2D eigenvalue weighted by Crippen LogP contribution is -2.40. The van der Waals surface area contributed by atoms with Gasteiger partial charge in [0.25, 0.3) is 5.91 Å². The SMILES string of the molecule is Cc1nc2cc(F)ccc2cc1C(=O)NC(CO)CC(C)(C)C. The number of nitrogens with one attached hydrogen (secondary N) is 1. The summed E-state index contributed by atoms with van der Waals surface area (Å²) in [7, 11) is 0. The molecular formula is C18H23FN2O2. The van der Waals surface area contributed by atoms with Crippen molar-refractivity contribution in [3.8, 4) is 0 Å². The number of fused-ring (bicyclic) bond motifs is 1. The second kappa shape index (κ2) is 6.62. The first-order chi connectivity index (χ1) is 10.7. The van der Waals surface area contributed by atoms with E-state index < -0.39 is 0 Å². The molecule has 0 aliphatic heterocycles. The number of rotatable bonds is 4. The molecule has 1 aromatic carbocycles. The molecule has 2 aromatic rings. The number of halogens is 1. The summed E-state index contributed by atoms with van der Waals surface area (Å²) in [4.78, 5) is 16.8. The van der Waals surface area contributed by atoms with Gasteiger partial charge in [-0.3, -0.25) is 9.78 Å². The zero-order chi connectivity index (χ0) is 17.2. The molecule has 0 aliphatic carbocycles. The number of amides is 1. The average molecular weight is 318 g/mol. The third-order valence-electron chi connectivity index (χ3n) is 3.63. The van der Waals surface area contributed by atoms with Crippen LogP contribution in [0.4, 0.5) is 4.39 Å². The topological polar surface area (TPSA) is 62.2 Å². The highest BCUT2D eigenvalue weighted by Crippen LogP contribution is 2.22. The molecule has 0 saturated heterocycles. The fourth-order valence-corrected chi connectivity index (χ4v) is 2.63. The lowest BCUT2D eigenvalue weighted by molar-refractivity contribution is 0.0897. The molecule has 1 unspecified atom stereocenters. The molecule has 1 aromatic heterocycles. The van der Waals surface area contributed by atoms with Gasteiger partial charge in [0.1, 0.15) is 5.82 Å². The van der Waals surface area contributed by atoms with Crippen LogP contribution in [0, 0.1) is 18.2 Å². The van der Waals surface area contributed by atoms with E-state index in [1.807, 2.05) is 0 Å². The first-order valence-corrected chi connectivity index (χ1v) is 7.68. The number of nitrogens with zero attached hydrogens (tertiary/aromatic N) is 1. The maximum absolute atomic E-state index is 13.3. The van der Waals surface area contributed by atoms with Crippen LogP contribution in [0.15, 0.2) is 24.3 Å². The molecule has 2 rings (SSSR count). The van der Waals surface area contributed by atoms with Crippen LogP contribution >= 0.6 is 0 Å². The molecule has 0 aliphatic rings. The lowest BCUT2D eigenvalue weighted by atomic mass is 9.88. The fraction of sp³-hybridized carbons (Fsp3) is 0.444. The summed E-state index contributed by atoms with van der Waals surface area (Å²) in [6.07, 6.45) is 0.667. The van der Waals surface area contributed by atoms with E-state index in [1.54, 1.807) is 19.1 Å². The number of aryl methyl sites for hydroxylation is 1. The second-order valence-electron chi connectivity index (χ2n) is 7.08. The number of pyridine rings is 1. The summed E-state index contributed by atoms with van der Waals surface area (Å²) >= 11 is 0. The smallest absolute Gasteiger partial charge is 0.253 e. The number of hydrogen-bond donors (Lipinski definition) is 2. The van der Waals surface area contributed by atoms with Crippen LogP contribution in [-0.4, -0.2) is 28.6 Å². The van der Waals surface area contributed by atoms with Crippen molar-refractivity contribution in [2.24, 2.45) is 5.41 Å². The minimum atomic E-state index is -0.355. The Hall–Kier alpha value is -2.01. The van der Waals surface area contributed by atoms with E-state index in [1.165, 1.54) is 12.1 Å². The maximum atomic E-state index is 13.3. The van der Waals surface area contributed by atoms with Crippen molar-refractivity contribution in [1.82, 2.24) is 10.3 Å². The van der Waals surface area contributed by atoms with Gasteiger partial charge in [0.2, 0.25) is 0 Å². The summed E-state index contributed by atoms with van der Waals surface area (Å²) in [5.74, 6) is -0.628. The number of benzene rings is 1. The summed E-state index contributed by atoms with van der Waals surface area (Å²) in [6, 6.07) is 5.69. The quantitative estimate of drug-likeness (QED) is 0.910. The summed E-state index contributed by atoms with van der Waals surface area (Å²) in [5.41, 5.74) is 1.49. The minimum Gasteiger partial charge on any atom is -0.394 e. The van der Waals surface area contributed by atoms with E-state index in [0.29, 0.717) is 28.6 Å². The Bertz CT molecular complexity index is 723. The van der Waals surface area contributed by atoms with Crippen LogP contribution in [-0.2, 0) is 0 Å². The summed E-state index contributed by atoms with van der Waals surface area (Å²) in [5, 5.41) is 13.0. The van der Waals surface area contributed by atoms with Crippen LogP contribution in [0.1, 0.15) is 43.2 Å². The van der Waals surface area contributed by atoms with Crippen LogP contribution < -0.4 is 5.32 Å². The minimum absolute atomic E-state index is 0.00508. The number of carbonyl (C=O) groups is 1. The van der Waals surface area contributed by atoms with Gasteiger partial charge in [0.15, 0.2) is 0 Å². The number of aliphatic hydroxyl groups excluding tert-OH is 1. The van der Waals surface area contributed by atoms with Crippen molar-refractivity contribution in [2.75, 3.05) is 6.61 Å². The lowest BCUT2D eigenvalue weighted by Gasteiger charge is -2.25. The van der Waals surface area contributed by atoms with Crippen molar-refractivity contribution in [3.63, 3.8) is 0 Å². The summed E-state index contributed by atoms with van der Waals surface area (Å²) in [6.45, 7) is 7.77. The van der Waals surface area contributed by atoms with Crippen molar-refractivity contribution in [3.05, 3.63) is 41.3 Å². The van der Waals surface area contributed by atoms with Crippen LogP contribution in [0.5, 0.6) is 0 Å². The Morgan fingerprint density at radius 3 is 2.65 bits per heavy atom. The maximum Gasteiger partial charge on any atom is 0.253 e. The monoisotopic (exact) mass is 318 g/mol. The fourth-order valence-electron chi connectivity index (χ4n) is 2.63. The molecule has 1 amide bonds. The molecule has 0 bridgehead atoms. The molecule has 1 heterocycles. The van der Waals surface area contributed by atoms with E-state index in [9.17, 15) is 14.3 Å². The normalized spacial score (nSPS) is 13.1. The van der Waals surface area contributed by atoms with E-state index in [4.69, 9.17) is 0 Å². The summed E-state index contributed by atoms with van der Waals surface area (Å²) < 4.78 is 13.3. The van der Waals surface area contributed by atoms with Gasteiger partial charge in [0.05, 0.1) is 29.4 Å². The Morgan fingerprint density at radius 1 is 1.35 bits per heavy atom. The Morgan fingerprint density at radius 2 is 2.04 bits per heavy atom. The molecule has 0 spiro atoms. The Kier molecular flexibility index (Phi) is 5.00.